The lowest BCUT2D eigenvalue weighted by atomic mass is 9.71. The first-order valence-corrected chi connectivity index (χ1v) is 13.1. The lowest BCUT2D eigenvalue weighted by Crippen LogP contribution is -2.51. The minimum atomic E-state index is -1.93. The molecule has 2 saturated heterocycles. The first kappa shape index (κ1) is 21.1. The van der Waals surface area contributed by atoms with Crippen molar-refractivity contribution < 1.29 is 18.6 Å². The van der Waals surface area contributed by atoms with Gasteiger partial charge in [0.25, 0.3) is 0 Å². The molecule has 5 atom stereocenters. The van der Waals surface area contributed by atoms with Gasteiger partial charge in [0.15, 0.2) is 0 Å². The smallest absolute Gasteiger partial charge is 0.250 e. The lowest BCUT2D eigenvalue weighted by molar-refractivity contribution is -0.0278. The standard InChI is InChI=1S/C22H38O4Si/c1-15(2)10-11-17-21(6,25-17)19-18(23-7)16(12-13-22(19)14-24-22)26-27(8,9)20(3,4)5/h10,12,17-19H,11,13-14H2,1-9H3/t17-,18-,19-,21+,22+/m1/s1. The number of epoxide rings is 2. The molecule has 0 aromatic rings. The van der Waals surface area contributed by atoms with Crippen molar-refractivity contribution in [3.63, 3.8) is 0 Å². The molecule has 1 spiro atoms. The molecular weight excluding hydrogens is 356 g/mol. The van der Waals surface area contributed by atoms with Crippen LogP contribution in [-0.4, -0.2) is 45.4 Å². The van der Waals surface area contributed by atoms with E-state index in [4.69, 9.17) is 18.6 Å². The van der Waals surface area contributed by atoms with Crippen molar-refractivity contribution in [1.29, 1.82) is 0 Å². The Balaban J connectivity index is 1.85. The van der Waals surface area contributed by atoms with Crippen LogP contribution in [0.5, 0.6) is 0 Å². The molecule has 27 heavy (non-hydrogen) atoms. The van der Waals surface area contributed by atoms with Gasteiger partial charge in [0, 0.05) is 13.5 Å². The molecular formula is C22H38O4Si. The van der Waals surface area contributed by atoms with Crippen LogP contribution in [0, 0.1) is 5.92 Å². The maximum atomic E-state index is 6.71. The summed E-state index contributed by atoms with van der Waals surface area (Å²) in [5.74, 6) is 1.16. The fourth-order valence-corrected chi connectivity index (χ4v) is 5.24. The minimum absolute atomic E-state index is 0.114. The zero-order chi connectivity index (χ0) is 20.3. The normalized spacial score (nSPS) is 38.4. The molecule has 2 heterocycles. The van der Waals surface area contributed by atoms with Crippen LogP contribution in [0.4, 0.5) is 0 Å². The summed E-state index contributed by atoms with van der Waals surface area (Å²) in [6, 6.07) is 0. The van der Waals surface area contributed by atoms with Crippen molar-refractivity contribution in [1.82, 2.24) is 0 Å². The van der Waals surface area contributed by atoms with Crippen LogP contribution in [0.15, 0.2) is 23.5 Å². The Labute approximate surface area is 166 Å². The Morgan fingerprint density at radius 2 is 1.96 bits per heavy atom. The second-order valence-electron chi connectivity index (χ2n) is 10.5. The molecule has 0 bridgehead atoms. The van der Waals surface area contributed by atoms with Crippen molar-refractivity contribution in [2.75, 3.05) is 13.7 Å². The highest BCUT2D eigenvalue weighted by molar-refractivity contribution is 6.74. The van der Waals surface area contributed by atoms with E-state index < -0.39 is 8.32 Å². The largest absolute Gasteiger partial charge is 0.545 e. The van der Waals surface area contributed by atoms with Gasteiger partial charge in [0.2, 0.25) is 8.32 Å². The highest BCUT2D eigenvalue weighted by atomic mass is 28.4. The van der Waals surface area contributed by atoms with E-state index in [-0.39, 0.29) is 34.4 Å². The third kappa shape index (κ3) is 3.80. The maximum Gasteiger partial charge on any atom is 0.250 e. The van der Waals surface area contributed by atoms with Crippen molar-refractivity contribution in [3.05, 3.63) is 23.5 Å². The molecule has 0 radical (unpaired) electrons. The number of rotatable bonds is 6. The van der Waals surface area contributed by atoms with E-state index in [2.05, 4.69) is 66.8 Å². The van der Waals surface area contributed by atoms with Gasteiger partial charge in [-0.25, -0.2) is 0 Å². The monoisotopic (exact) mass is 394 g/mol. The summed E-state index contributed by atoms with van der Waals surface area (Å²) in [6.07, 6.45) is 6.43. The fourth-order valence-electron chi connectivity index (χ4n) is 4.14. The molecule has 0 amide bonds. The molecule has 1 aliphatic carbocycles. The molecule has 0 aromatic heterocycles. The third-order valence-electron chi connectivity index (χ3n) is 7.08. The molecule has 2 aliphatic heterocycles. The van der Waals surface area contributed by atoms with Gasteiger partial charge in [-0.3, -0.25) is 0 Å². The third-order valence-corrected chi connectivity index (χ3v) is 11.4. The fraction of sp³-hybridized carbons (Fsp3) is 0.818. The van der Waals surface area contributed by atoms with Gasteiger partial charge < -0.3 is 18.6 Å². The lowest BCUT2D eigenvalue weighted by Gasteiger charge is -2.43. The van der Waals surface area contributed by atoms with E-state index >= 15 is 0 Å². The Kier molecular flexibility index (Phi) is 5.25. The Bertz CT molecular complexity index is 637. The van der Waals surface area contributed by atoms with E-state index in [1.807, 2.05) is 0 Å². The Morgan fingerprint density at radius 3 is 2.44 bits per heavy atom. The minimum Gasteiger partial charge on any atom is -0.545 e. The number of ether oxygens (including phenoxy) is 3. The molecule has 3 rings (SSSR count). The summed E-state index contributed by atoms with van der Waals surface area (Å²) in [6.45, 7) is 18.7. The van der Waals surface area contributed by atoms with Crippen LogP contribution in [0.1, 0.15) is 54.4 Å². The Morgan fingerprint density at radius 1 is 1.33 bits per heavy atom. The first-order chi connectivity index (χ1) is 12.4. The summed E-state index contributed by atoms with van der Waals surface area (Å²) in [5, 5.41) is 0.152. The summed E-state index contributed by atoms with van der Waals surface area (Å²) in [5.41, 5.74) is 0.966. The van der Waals surface area contributed by atoms with Crippen molar-refractivity contribution in [3.8, 4) is 0 Å². The first-order valence-electron chi connectivity index (χ1n) is 10.2. The average Bonchev–Trinajstić information content (AvgIpc) is 3.44. The topological polar surface area (TPSA) is 43.5 Å². The maximum absolute atomic E-state index is 6.71. The highest BCUT2D eigenvalue weighted by Crippen LogP contribution is 2.59. The molecule has 0 aromatic carbocycles. The number of methoxy groups -OCH3 is 1. The van der Waals surface area contributed by atoms with Gasteiger partial charge >= 0.3 is 0 Å². The molecule has 154 valence electrons. The SMILES string of the molecule is CO[C@@H]1C(O[Si](C)(C)C(C)(C)C)=CC[C@]2(CO2)[C@H]1[C@@]1(C)O[C@@H]1CC=C(C)C. The average molecular weight is 395 g/mol. The van der Waals surface area contributed by atoms with Crippen LogP contribution in [0.3, 0.4) is 0 Å². The second-order valence-corrected chi connectivity index (χ2v) is 15.2. The van der Waals surface area contributed by atoms with Crippen LogP contribution in [0.2, 0.25) is 18.1 Å². The van der Waals surface area contributed by atoms with Crippen LogP contribution in [-0.2, 0) is 18.6 Å². The van der Waals surface area contributed by atoms with E-state index in [0.29, 0.717) is 0 Å². The molecule has 0 unspecified atom stereocenters. The predicted molar refractivity (Wildman–Crippen MR) is 111 cm³/mol. The quantitative estimate of drug-likeness (QED) is 0.352. The van der Waals surface area contributed by atoms with Crippen molar-refractivity contribution >= 4 is 8.32 Å². The molecule has 3 aliphatic rings. The molecule has 0 N–H and O–H groups in total. The summed E-state index contributed by atoms with van der Waals surface area (Å²) < 4.78 is 25.0. The van der Waals surface area contributed by atoms with E-state index in [1.54, 1.807) is 7.11 Å². The zero-order valence-electron chi connectivity index (χ0n) is 18.6. The van der Waals surface area contributed by atoms with Crippen LogP contribution in [0.25, 0.3) is 0 Å². The molecule has 0 saturated carbocycles. The van der Waals surface area contributed by atoms with Gasteiger partial charge in [0.1, 0.15) is 23.1 Å². The highest BCUT2D eigenvalue weighted by Gasteiger charge is 2.71. The summed E-state index contributed by atoms with van der Waals surface area (Å²) in [4.78, 5) is 0. The number of hydrogen-bond donors (Lipinski definition) is 0. The van der Waals surface area contributed by atoms with Crippen molar-refractivity contribution in [2.24, 2.45) is 5.92 Å². The van der Waals surface area contributed by atoms with Gasteiger partial charge in [-0.1, -0.05) is 32.4 Å². The summed E-state index contributed by atoms with van der Waals surface area (Å²) in [7, 11) is -0.141. The molecule has 2 fully saturated rings. The van der Waals surface area contributed by atoms with Gasteiger partial charge in [-0.2, -0.15) is 0 Å². The predicted octanol–water partition coefficient (Wildman–Crippen LogP) is 5.21. The van der Waals surface area contributed by atoms with Crippen molar-refractivity contribution in [2.45, 2.75) is 95.9 Å². The second kappa shape index (κ2) is 6.72. The van der Waals surface area contributed by atoms with Gasteiger partial charge in [-0.05, 0) is 51.4 Å². The number of hydrogen-bond acceptors (Lipinski definition) is 4. The van der Waals surface area contributed by atoms with E-state index in [0.717, 1.165) is 25.2 Å². The van der Waals surface area contributed by atoms with Crippen LogP contribution >= 0.6 is 0 Å². The van der Waals surface area contributed by atoms with E-state index in [1.165, 1.54) is 5.57 Å². The zero-order valence-corrected chi connectivity index (χ0v) is 19.6. The van der Waals surface area contributed by atoms with Gasteiger partial charge in [0.05, 0.1) is 18.6 Å². The van der Waals surface area contributed by atoms with E-state index in [9.17, 15) is 0 Å². The molecule has 4 nitrogen and oxygen atoms in total. The van der Waals surface area contributed by atoms with Gasteiger partial charge in [-0.15, -0.1) is 0 Å². The van der Waals surface area contributed by atoms with Crippen LogP contribution < -0.4 is 0 Å². The number of allylic oxidation sites excluding steroid dienone is 1. The Hall–Kier alpha value is -0.623. The molecule has 5 heteroatoms. The summed E-state index contributed by atoms with van der Waals surface area (Å²) >= 11 is 0.